The van der Waals surface area contributed by atoms with Crippen LogP contribution in [0.25, 0.3) is 0 Å². The van der Waals surface area contributed by atoms with Crippen LogP contribution >= 0.6 is 23.4 Å². The lowest BCUT2D eigenvalue weighted by Crippen LogP contribution is -1.95. The second-order valence-electron chi connectivity index (χ2n) is 3.44. The Balaban J connectivity index is 2.23. The Hall–Kier alpha value is -1.20. The summed E-state index contributed by atoms with van der Waals surface area (Å²) < 4.78 is 0. The molecule has 0 aliphatic carbocycles. The van der Waals surface area contributed by atoms with E-state index in [2.05, 4.69) is 19.9 Å². The normalized spacial score (nSPS) is 10.5. The average molecular weight is 267 g/mol. The smallest absolute Gasteiger partial charge is 0.193 e. The van der Waals surface area contributed by atoms with Crippen LogP contribution < -0.4 is 0 Å². The number of aryl methyl sites for hydroxylation is 2. The van der Waals surface area contributed by atoms with Gasteiger partial charge in [-0.1, -0.05) is 18.5 Å². The molecule has 17 heavy (non-hydrogen) atoms. The van der Waals surface area contributed by atoms with Gasteiger partial charge in [0.1, 0.15) is 16.0 Å². The molecule has 2 aromatic heterocycles. The van der Waals surface area contributed by atoms with Crippen LogP contribution in [0.3, 0.4) is 0 Å². The van der Waals surface area contributed by atoms with E-state index in [9.17, 15) is 0 Å². The molecule has 0 saturated heterocycles. The Labute approximate surface area is 109 Å². The van der Waals surface area contributed by atoms with E-state index in [1.54, 1.807) is 18.5 Å². The molecule has 0 atom stereocenters. The lowest BCUT2D eigenvalue weighted by Gasteiger charge is -2.02. The maximum atomic E-state index is 5.91. The van der Waals surface area contributed by atoms with Crippen molar-refractivity contribution in [3.8, 4) is 0 Å². The predicted molar refractivity (Wildman–Crippen MR) is 67.3 cm³/mol. The number of halogens is 1. The van der Waals surface area contributed by atoms with E-state index >= 15 is 0 Å². The molecule has 2 rings (SSSR count). The molecule has 0 unspecified atom stereocenters. The van der Waals surface area contributed by atoms with Crippen LogP contribution in [0.4, 0.5) is 0 Å². The minimum atomic E-state index is 0.450. The SMILES string of the molecule is CCc1nc(Cl)cc(Sc2ncc(C)cn2)n1. The summed E-state index contributed by atoms with van der Waals surface area (Å²) in [6, 6.07) is 1.72. The van der Waals surface area contributed by atoms with E-state index in [4.69, 9.17) is 11.6 Å². The molecular weight excluding hydrogens is 256 g/mol. The Morgan fingerprint density at radius 2 is 1.94 bits per heavy atom. The fraction of sp³-hybridized carbons (Fsp3) is 0.273. The average Bonchev–Trinajstić information content (AvgIpc) is 2.31. The van der Waals surface area contributed by atoms with Crippen LogP contribution in [0, 0.1) is 6.92 Å². The molecule has 0 fully saturated rings. The lowest BCUT2D eigenvalue weighted by molar-refractivity contribution is 0.881. The largest absolute Gasteiger partial charge is 0.231 e. The predicted octanol–water partition coefficient (Wildman–Crippen LogP) is 2.94. The highest BCUT2D eigenvalue weighted by molar-refractivity contribution is 7.99. The van der Waals surface area contributed by atoms with Gasteiger partial charge in [-0.3, -0.25) is 0 Å². The number of rotatable bonds is 3. The Morgan fingerprint density at radius 1 is 1.24 bits per heavy atom. The highest BCUT2D eigenvalue weighted by Gasteiger charge is 2.05. The summed E-state index contributed by atoms with van der Waals surface area (Å²) in [7, 11) is 0. The number of hydrogen-bond donors (Lipinski definition) is 0. The number of hydrogen-bond acceptors (Lipinski definition) is 5. The molecule has 88 valence electrons. The maximum Gasteiger partial charge on any atom is 0.193 e. The van der Waals surface area contributed by atoms with Gasteiger partial charge < -0.3 is 0 Å². The van der Waals surface area contributed by atoms with E-state index in [-0.39, 0.29) is 0 Å². The topological polar surface area (TPSA) is 51.6 Å². The Bertz CT molecular complexity index is 515. The van der Waals surface area contributed by atoms with Crippen LogP contribution in [0.1, 0.15) is 18.3 Å². The molecule has 2 heterocycles. The van der Waals surface area contributed by atoms with Crippen molar-refractivity contribution in [1.29, 1.82) is 0 Å². The lowest BCUT2D eigenvalue weighted by atomic mass is 10.4. The minimum Gasteiger partial charge on any atom is -0.231 e. The van der Waals surface area contributed by atoms with Gasteiger partial charge in [0.05, 0.1) is 0 Å². The van der Waals surface area contributed by atoms with Crippen molar-refractivity contribution in [3.05, 3.63) is 35.0 Å². The molecule has 0 amide bonds. The van der Waals surface area contributed by atoms with Gasteiger partial charge >= 0.3 is 0 Å². The molecule has 0 saturated carbocycles. The first kappa shape index (κ1) is 12.3. The summed E-state index contributed by atoms with van der Waals surface area (Å²) in [5, 5.41) is 1.88. The highest BCUT2D eigenvalue weighted by Crippen LogP contribution is 2.24. The summed E-state index contributed by atoms with van der Waals surface area (Å²) >= 11 is 7.30. The van der Waals surface area contributed by atoms with E-state index in [1.807, 2.05) is 13.8 Å². The molecular formula is C11H11ClN4S. The molecule has 0 aliphatic rings. The molecule has 0 aliphatic heterocycles. The third-order valence-corrected chi connectivity index (χ3v) is 2.99. The van der Waals surface area contributed by atoms with Crippen molar-refractivity contribution in [2.75, 3.05) is 0 Å². The van der Waals surface area contributed by atoms with Crippen molar-refractivity contribution in [2.24, 2.45) is 0 Å². The summed E-state index contributed by atoms with van der Waals surface area (Å²) in [5.41, 5.74) is 1.03. The first-order valence-corrected chi connectivity index (χ1v) is 6.37. The van der Waals surface area contributed by atoms with Crippen molar-refractivity contribution in [1.82, 2.24) is 19.9 Å². The zero-order chi connectivity index (χ0) is 12.3. The first-order valence-electron chi connectivity index (χ1n) is 5.17. The molecule has 0 spiro atoms. The fourth-order valence-corrected chi connectivity index (χ4v) is 2.16. The van der Waals surface area contributed by atoms with Crippen LogP contribution in [0.2, 0.25) is 5.15 Å². The molecule has 0 bridgehead atoms. The molecule has 2 aromatic rings. The van der Waals surface area contributed by atoms with Crippen molar-refractivity contribution < 1.29 is 0 Å². The van der Waals surface area contributed by atoms with Gasteiger partial charge in [-0.05, 0) is 24.2 Å². The zero-order valence-corrected chi connectivity index (χ0v) is 11.1. The second kappa shape index (κ2) is 5.42. The van der Waals surface area contributed by atoms with Gasteiger partial charge in [-0.25, -0.2) is 19.9 Å². The van der Waals surface area contributed by atoms with Crippen molar-refractivity contribution in [3.63, 3.8) is 0 Å². The summed E-state index contributed by atoms with van der Waals surface area (Å²) in [4.78, 5) is 16.9. The van der Waals surface area contributed by atoms with E-state index in [0.717, 1.165) is 22.8 Å². The Kier molecular flexibility index (Phi) is 3.91. The third kappa shape index (κ3) is 3.38. The van der Waals surface area contributed by atoms with Gasteiger partial charge in [0.25, 0.3) is 0 Å². The quantitative estimate of drug-likeness (QED) is 0.631. The minimum absolute atomic E-state index is 0.450. The van der Waals surface area contributed by atoms with Crippen LogP contribution in [-0.4, -0.2) is 19.9 Å². The first-order chi connectivity index (χ1) is 8.17. The van der Waals surface area contributed by atoms with E-state index in [1.165, 1.54) is 11.8 Å². The monoisotopic (exact) mass is 266 g/mol. The maximum absolute atomic E-state index is 5.91. The van der Waals surface area contributed by atoms with Crippen LogP contribution in [0.5, 0.6) is 0 Å². The summed E-state index contributed by atoms with van der Waals surface area (Å²) in [6.45, 7) is 3.94. The van der Waals surface area contributed by atoms with Crippen LogP contribution in [0.15, 0.2) is 28.6 Å². The molecule has 0 radical (unpaired) electrons. The van der Waals surface area contributed by atoms with Crippen molar-refractivity contribution in [2.45, 2.75) is 30.5 Å². The number of nitrogens with zero attached hydrogens (tertiary/aromatic N) is 4. The summed E-state index contributed by atoms with van der Waals surface area (Å²) in [6.07, 6.45) is 4.31. The van der Waals surface area contributed by atoms with Gasteiger partial charge in [0.2, 0.25) is 0 Å². The molecule has 0 N–H and O–H groups in total. The molecule has 0 aromatic carbocycles. The molecule has 6 heteroatoms. The van der Waals surface area contributed by atoms with Crippen LogP contribution in [-0.2, 0) is 6.42 Å². The highest BCUT2D eigenvalue weighted by atomic mass is 35.5. The van der Waals surface area contributed by atoms with Gasteiger partial charge in [-0.2, -0.15) is 0 Å². The van der Waals surface area contributed by atoms with E-state index in [0.29, 0.717) is 10.3 Å². The fourth-order valence-electron chi connectivity index (χ4n) is 1.18. The van der Waals surface area contributed by atoms with Crippen molar-refractivity contribution >= 4 is 23.4 Å². The van der Waals surface area contributed by atoms with Gasteiger partial charge in [-0.15, -0.1) is 0 Å². The van der Waals surface area contributed by atoms with Gasteiger partial charge in [0.15, 0.2) is 5.16 Å². The van der Waals surface area contributed by atoms with Gasteiger partial charge in [0, 0.05) is 24.9 Å². The second-order valence-corrected chi connectivity index (χ2v) is 4.82. The molecule has 4 nitrogen and oxygen atoms in total. The Morgan fingerprint density at radius 3 is 2.59 bits per heavy atom. The van der Waals surface area contributed by atoms with E-state index < -0.39 is 0 Å². The zero-order valence-electron chi connectivity index (χ0n) is 9.51. The third-order valence-electron chi connectivity index (χ3n) is 1.99. The number of aromatic nitrogens is 4. The standard InChI is InChI=1S/C11H11ClN4S/c1-3-9-15-8(12)4-10(16-9)17-11-13-5-7(2)6-14-11/h4-6H,3H2,1-2H3. The summed E-state index contributed by atoms with van der Waals surface area (Å²) in [5.74, 6) is 0.729.